The molecule has 36 heavy (non-hydrogen) atoms. The first-order valence-electron chi connectivity index (χ1n) is 12.3. The van der Waals surface area contributed by atoms with E-state index in [0.29, 0.717) is 11.0 Å². The van der Waals surface area contributed by atoms with Gasteiger partial charge in [0.2, 0.25) is 0 Å². The average molecular weight is 491 g/mol. The molecular weight excluding hydrogens is 463 g/mol. The molecule has 0 amide bonds. The minimum Gasteiger partial charge on any atom is -0.381 e. The molecule has 1 spiro atoms. The summed E-state index contributed by atoms with van der Waals surface area (Å²) >= 11 is 0. The number of nitrogens with two attached hydrogens (primary N) is 1. The van der Waals surface area contributed by atoms with Crippen LogP contribution in [0, 0.1) is 18.7 Å². The molecule has 1 saturated carbocycles. The van der Waals surface area contributed by atoms with Crippen molar-refractivity contribution in [1.29, 1.82) is 0 Å². The van der Waals surface area contributed by atoms with Crippen molar-refractivity contribution in [3.8, 4) is 0 Å². The van der Waals surface area contributed by atoms with E-state index >= 15 is 0 Å². The molecule has 3 fully saturated rings. The Labute approximate surface area is 206 Å². The molecule has 9 nitrogen and oxygen atoms in total. The number of aromatic nitrogens is 5. The summed E-state index contributed by atoms with van der Waals surface area (Å²) in [6.07, 6.45) is 7.04. The second-order valence-electron chi connectivity index (χ2n) is 10.6. The quantitative estimate of drug-likeness (QED) is 0.461. The molecule has 3 aliphatic rings. The summed E-state index contributed by atoms with van der Waals surface area (Å²) in [5.74, 6) is -1.21. The lowest BCUT2D eigenvalue weighted by atomic mass is 9.90. The van der Waals surface area contributed by atoms with Crippen molar-refractivity contribution in [2.45, 2.75) is 69.9 Å². The van der Waals surface area contributed by atoms with Crippen LogP contribution in [0.4, 0.5) is 10.2 Å². The number of halogens is 1. The highest BCUT2D eigenvalue weighted by atomic mass is 19.1. The van der Waals surface area contributed by atoms with Gasteiger partial charge in [0, 0.05) is 23.8 Å². The Morgan fingerprint density at radius 3 is 2.89 bits per heavy atom. The fourth-order valence-corrected chi connectivity index (χ4v) is 6.43. The zero-order chi connectivity index (χ0) is 24.8. The molecule has 4 aromatic rings. The maximum atomic E-state index is 13.8. The van der Waals surface area contributed by atoms with Crippen LogP contribution in [0.25, 0.3) is 22.1 Å². The molecule has 1 aliphatic carbocycles. The fourth-order valence-electron chi connectivity index (χ4n) is 6.43. The van der Waals surface area contributed by atoms with E-state index in [0.717, 1.165) is 41.6 Å². The molecule has 2 saturated heterocycles. The van der Waals surface area contributed by atoms with E-state index in [-0.39, 0.29) is 30.2 Å². The number of nitrogens with zero attached hydrogens (tertiary/aromatic N) is 5. The molecule has 7 rings (SSSR count). The van der Waals surface area contributed by atoms with Gasteiger partial charge in [-0.25, -0.2) is 19.3 Å². The van der Waals surface area contributed by atoms with Gasteiger partial charge in [0.1, 0.15) is 23.7 Å². The van der Waals surface area contributed by atoms with Gasteiger partial charge in [-0.05, 0) is 63.6 Å². The van der Waals surface area contributed by atoms with Crippen LogP contribution in [0.2, 0.25) is 0 Å². The van der Waals surface area contributed by atoms with Crippen molar-refractivity contribution >= 4 is 27.9 Å². The fraction of sp³-hybridized carbons (Fsp3) is 0.462. The first-order chi connectivity index (χ1) is 17.2. The van der Waals surface area contributed by atoms with Crippen LogP contribution in [0.1, 0.15) is 44.2 Å². The molecule has 5 atom stereocenters. The summed E-state index contributed by atoms with van der Waals surface area (Å²) in [7, 11) is 0. The minimum absolute atomic E-state index is 0.122. The lowest BCUT2D eigenvalue weighted by molar-refractivity contribution is -0.211. The standard InChI is InChI=1S/C26H27FN6O3/c1-13-16-5-7-33(23(16)31-12-30-13)24-21-26(36-25(2,3)35-21)6-4-15(20(26)34-24)8-14-9-19-18(29-11-14)10-17(27)22(28)32-19/h5,7,9-12,15,20-21,24H,4,6,8H2,1-3H3,(H2,28,32)/t15-,20+,21-,24+,26+/m0/s1. The minimum atomic E-state index is -0.719. The highest BCUT2D eigenvalue weighted by Crippen LogP contribution is 2.59. The number of fused-ring (bicyclic) bond motifs is 2. The van der Waals surface area contributed by atoms with Crippen LogP contribution in [0.5, 0.6) is 0 Å². The first kappa shape index (κ1) is 22.0. The summed E-state index contributed by atoms with van der Waals surface area (Å²) in [5.41, 5.74) is 8.95. The molecule has 0 unspecified atom stereocenters. The molecular formula is C26H27FN6O3. The van der Waals surface area contributed by atoms with E-state index in [1.807, 2.05) is 39.1 Å². The van der Waals surface area contributed by atoms with Gasteiger partial charge in [-0.15, -0.1) is 0 Å². The van der Waals surface area contributed by atoms with Gasteiger partial charge < -0.3 is 24.5 Å². The smallest absolute Gasteiger partial charge is 0.167 e. The Hall–Kier alpha value is -3.21. The SMILES string of the molecule is Cc1ncnc2c1ccn2[C@@H]1O[C@@H]2[C@H](Cc3cnc4cc(F)c(N)nc4c3)CC[C@@]23OC(C)(C)O[C@@H]13. The largest absolute Gasteiger partial charge is 0.381 e. The lowest BCUT2D eigenvalue weighted by Crippen LogP contribution is -2.44. The van der Waals surface area contributed by atoms with Crippen LogP contribution in [-0.4, -0.2) is 48.1 Å². The number of hydrogen-bond acceptors (Lipinski definition) is 8. The van der Waals surface area contributed by atoms with E-state index in [1.54, 1.807) is 12.5 Å². The second kappa shape index (κ2) is 7.41. The number of rotatable bonds is 3. The maximum Gasteiger partial charge on any atom is 0.167 e. The monoisotopic (exact) mass is 490 g/mol. The van der Waals surface area contributed by atoms with Crippen molar-refractivity contribution in [3.05, 3.63) is 54.0 Å². The van der Waals surface area contributed by atoms with Gasteiger partial charge >= 0.3 is 0 Å². The van der Waals surface area contributed by atoms with E-state index in [2.05, 4.69) is 24.5 Å². The molecule has 0 aromatic carbocycles. The van der Waals surface area contributed by atoms with Gasteiger partial charge in [0.15, 0.2) is 23.7 Å². The molecule has 2 aliphatic heterocycles. The number of aryl methyl sites for hydroxylation is 1. The number of hydrogen-bond donors (Lipinski definition) is 1. The van der Waals surface area contributed by atoms with Crippen LogP contribution in [0.15, 0.2) is 36.9 Å². The van der Waals surface area contributed by atoms with Crippen molar-refractivity contribution in [1.82, 2.24) is 24.5 Å². The second-order valence-corrected chi connectivity index (χ2v) is 10.6. The first-order valence-corrected chi connectivity index (χ1v) is 12.3. The van der Waals surface area contributed by atoms with Crippen LogP contribution < -0.4 is 5.73 Å². The van der Waals surface area contributed by atoms with Gasteiger partial charge in [-0.1, -0.05) is 0 Å². The Balaban J connectivity index is 1.24. The number of ether oxygens (including phenoxy) is 3. The Kier molecular flexibility index (Phi) is 4.53. The molecule has 0 radical (unpaired) electrons. The highest BCUT2D eigenvalue weighted by Gasteiger charge is 2.70. The van der Waals surface area contributed by atoms with Gasteiger partial charge in [0.05, 0.1) is 22.8 Å². The van der Waals surface area contributed by atoms with E-state index in [9.17, 15) is 4.39 Å². The highest BCUT2D eigenvalue weighted by molar-refractivity contribution is 5.78. The van der Waals surface area contributed by atoms with Crippen LogP contribution >= 0.6 is 0 Å². The normalized spacial score (nSPS) is 30.8. The van der Waals surface area contributed by atoms with Gasteiger partial charge in [-0.2, -0.15) is 0 Å². The zero-order valence-electron chi connectivity index (χ0n) is 20.3. The number of pyridine rings is 2. The van der Waals surface area contributed by atoms with Crippen molar-refractivity contribution in [3.63, 3.8) is 0 Å². The van der Waals surface area contributed by atoms with E-state index in [4.69, 9.17) is 19.9 Å². The van der Waals surface area contributed by atoms with Gasteiger partial charge in [0.25, 0.3) is 0 Å². The molecule has 2 N–H and O–H groups in total. The third kappa shape index (κ3) is 3.11. The lowest BCUT2D eigenvalue weighted by Gasteiger charge is -2.29. The van der Waals surface area contributed by atoms with Crippen molar-refractivity contribution in [2.75, 3.05) is 5.73 Å². The molecule has 0 bridgehead atoms. The van der Waals surface area contributed by atoms with E-state index in [1.165, 1.54) is 6.07 Å². The predicted molar refractivity (Wildman–Crippen MR) is 129 cm³/mol. The third-order valence-corrected chi connectivity index (χ3v) is 7.87. The third-order valence-electron chi connectivity index (χ3n) is 7.87. The number of anilines is 1. The van der Waals surface area contributed by atoms with Gasteiger partial charge in [-0.3, -0.25) is 4.98 Å². The molecule has 6 heterocycles. The predicted octanol–water partition coefficient (Wildman–Crippen LogP) is 3.84. The van der Waals surface area contributed by atoms with Crippen molar-refractivity contribution in [2.24, 2.45) is 5.92 Å². The van der Waals surface area contributed by atoms with E-state index < -0.39 is 17.2 Å². The average Bonchev–Trinajstić information content (AvgIpc) is 3.53. The maximum absolute atomic E-state index is 13.8. The van der Waals surface area contributed by atoms with Crippen molar-refractivity contribution < 1.29 is 18.6 Å². The summed E-state index contributed by atoms with van der Waals surface area (Å²) in [4.78, 5) is 17.5. The molecule has 4 aromatic heterocycles. The summed E-state index contributed by atoms with van der Waals surface area (Å²) in [6.45, 7) is 5.90. The molecule has 10 heteroatoms. The Bertz CT molecular complexity index is 1520. The summed E-state index contributed by atoms with van der Waals surface area (Å²) in [6, 6.07) is 5.28. The van der Waals surface area contributed by atoms with Crippen LogP contribution in [-0.2, 0) is 20.6 Å². The Morgan fingerprint density at radius 2 is 2.03 bits per heavy atom. The zero-order valence-corrected chi connectivity index (χ0v) is 20.3. The van der Waals surface area contributed by atoms with Crippen LogP contribution in [0.3, 0.4) is 0 Å². The summed E-state index contributed by atoms with van der Waals surface area (Å²) < 4.78 is 35.8. The molecule has 186 valence electrons. The number of nitrogen functional groups attached to an aromatic ring is 1. The topological polar surface area (TPSA) is 110 Å². The summed E-state index contributed by atoms with van der Waals surface area (Å²) in [5, 5.41) is 0.993. The Morgan fingerprint density at radius 1 is 1.17 bits per heavy atom.